The van der Waals surface area contributed by atoms with E-state index in [0.717, 1.165) is 10.0 Å². The van der Waals surface area contributed by atoms with Gasteiger partial charge in [-0.1, -0.05) is 45.9 Å². The van der Waals surface area contributed by atoms with E-state index in [1.54, 1.807) is 41.8 Å². The highest BCUT2D eigenvalue weighted by Crippen LogP contribution is 2.39. The van der Waals surface area contributed by atoms with Crippen molar-refractivity contribution in [2.45, 2.75) is 30.9 Å². The predicted octanol–water partition coefficient (Wildman–Crippen LogP) is 6.57. The van der Waals surface area contributed by atoms with Gasteiger partial charge in [0.2, 0.25) is 6.54 Å². The van der Waals surface area contributed by atoms with Crippen LogP contribution in [0.3, 0.4) is 0 Å². The Morgan fingerprint density at radius 3 is 2.46 bits per heavy atom. The van der Waals surface area contributed by atoms with Crippen molar-refractivity contribution in [3.05, 3.63) is 104 Å². The molecule has 8 nitrogen and oxygen atoms in total. The summed E-state index contributed by atoms with van der Waals surface area (Å²) in [4.78, 5) is 11.2. The lowest BCUT2D eigenvalue weighted by Gasteiger charge is -2.17. The van der Waals surface area contributed by atoms with E-state index < -0.39 is 5.25 Å². The van der Waals surface area contributed by atoms with E-state index in [-0.39, 0.29) is 17.3 Å². The lowest BCUT2D eigenvalue weighted by Crippen LogP contribution is -2.11. The van der Waals surface area contributed by atoms with Crippen molar-refractivity contribution < 1.29 is 18.8 Å². The van der Waals surface area contributed by atoms with E-state index in [1.807, 2.05) is 31.2 Å². The molecule has 1 heterocycles. The van der Waals surface area contributed by atoms with E-state index in [2.05, 4.69) is 26.1 Å². The van der Waals surface area contributed by atoms with Crippen molar-refractivity contribution in [2.75, 3.05) is 13.2 Å². The Kier molecular flexibility index (Phi) is 8.78. The number of thioether (sulfide) groups is 1. The fourth-order valence-electron chi connectivity index (χ4n) is 3.63. The Labute approximate surface area is 226 Å². The summed E-state index contributed by atoms with van der Waals surface area (Å²) in [6.07, 6.45) is 0. The van der Waals surface area contributed by atoms with Crippen LogP contribution in [-0.2, 0) is 6.61 Å². The van der Waals surface area contributed by atoms with Gasteiger partial charge in [0.05, 0.1) is 6.61 Å². The summed E-state index contributed by atoms with van der Waals surface area (Å²) in [6, 6.07) is 19.1. The minimum atomic E-state index is -0.586. The number of hydrogen-bond acceptors (Lipinski definition) is 7. The first kappa shape index (κ1) is 26.6. The topological polar surface area (TPSA) is 92.3 Å². The van der Waals surface area contributed by atoms with Crippen molar-refractivity contribution in [1.29, 1.82) is 0 Å². The monoisotopic (exact) mass is 586 g/mol. The zero-order valence-electron chi connectivity index (χ0n) is 20.1. The second kappa shape index (κ2) is 12.2. The molecule has 37 heavy (non-hydrogen) atoms. The first-order chi connectivity index (χ1) is 17.8. The SMILES string of the molecule is CCOc1cc([C@H](C[N+](=O)[O-])Sc2nnc(C)n2-c2ccc(F)cc2)ccc1OCc1ccc(Br)cc1. The Hall–Kier alpha value is -3.44. The largest absolute Gasteiger partial charge is 0.490 e. The number of nitro groups is 1. The maximum Gasteiger partial charge on any atom is 0.220 e. The van der Waals surface area contributed by atoms with Gasteiger partial charge in [0.1, 0.15) is 23.5 Å². The number of hydrogen-bond donors (Lipinski definition) is 0. The quantitative estimate of drug-likeness (QED) is 0.111. The Morgan fingerprint density at radius 1 is 1.05 bits per heavy atom. The number of halogens is 2. The van der Waals surface area contributed by atoms with Crippen LogP contribution in [0.25, 0.3) is 5.69 Å². The van der Waals surface area contributed by atoms with Gasteiger partial charge in [-0.25, -0.2) is 4.39 Å². The molecular weight excluding hydrogens is 563 g/mol. The molecule has 0 unspecified atom stereocenters. The first-order valence-corrected chi connectivity index (χ1v) is 13.1. The molecular formula is C26H24BrFN4O4S. The van der Waals surface area contributed by atoms with Crippen LogP contribution >= 0.6 is 27.7 Å². The molecule has 1 aromatic heterocycles. The van der Waals surface area contributed by atoms with E-state index in [9.17, 15) is 14.5 Å². The fraction of sp³-hybridized carbons (Fsp3) is 0.231. The van der Waals surface area contributed by atoms with Crippen LogP contribution in [0.1, 0.15) is 29.1 Å². The molecule has 4 rings (SSSR count). The zero-order valence-corrected chi connectivity index (χ0v) is 22.5. The van der Waals surface area contributed by atoms with Crippen molar-refractivity contribution in [2.24, 2.45) is 0 Å². The Balaban J connectivity index is 1.61. The van der Waals surface area contributed by atoms with Gasteiger partial charge >= 0.3 is 0 Å². The first-order valence-electron chi connectivity index (χ1n) is 11.4. The summed E-state index contributed by atoms with van der Waals surface area (Å²) in [5, 5.41) is 19.8. The minimum Gasteiger partial charge on any atom is -0.490 e. The highest BCUT2D eigenvalue weighted by atomic mass is 79.9. The van der Waals surface area contributed by atoms with Gasteiger partial charge in [-0.2, -0.15) is 0 Å². The molecule has 11 heteroatoms. The number of rotatable bonds is 11. The molecule has 192 valence electrons. The molecule has 0 aliphatic heterocycles. The Bertz CT molecular complexity index is 1370. The predicted molar refractivity (Wildman–Crippen MR) is 143 cm³/mol. The van der Waals surface area contributed by atoms with E-state index in [0.29, 0.717) is 46.9 Å². The fourth-order valence-corrected chi connectivity index (χ4v) is 5.06. The molecule has 0 bridgehead atoms. The summed E-state index contributed by atoms with van der Waals surface area (Å²) < 4.78 is 28.0. The molecule has 0 radical (unpaired) electrons. The molecule has 0 spiro atoms. The molecule has 0 saturated heterocycles. The van der Waals surface area contributed by atoms with Crippen molar-refractivity contribution in [3.63, 3.8) is 0 Å². The number of nitrogens with zero attached hydrogens (tertiary/aromatic N) is 4. The standard InChI is InChI=1S/C26H24BrFN4O4S/c1-3-35-24-14-19(6-13-23(24)36-16-18-4-7-20(27)8-5-18)25(15-31(33)34)37-26-30-29-17(2)32(26)22-11-9-21(28)10-12-22/h4-14,25H,3,15-16H2,1-2H3/t25-/m0/s1. The van der Waals surface area contributed by atoms with E-state index in [1.165, 1.54) is 23.9 Å². The number of aromatic nitrogens is 3. The lowest BCUT2D eigenvalue weighted by atomic mass is 10.1. The number of aryl methyl sites for hydroxylation is 1. The average molecular weight is 587 g/mol. The van der Waals surface area contributed by atoms with Gasteiger partial charge in [0.25, 0.3) is 0 Å². The highest BCUT2D eigenvalue weighted by Gasteiger charge is 2.25. The van der Waals surface area contributed by atoms with Gasteiger partial charge in [0, 0.05) is 15.1 Å². The zero-order chi connectivity index (χ0) is 26.4. The normalized spacial score (nSPS) is 11.8. The molecule has 0 amide bonds. The summed E-state index contributed by atoms with van der Waals surface area (Å²) in [5.41, 5.74) is 2.34. The van der Waals surface area contributed by atoms with Crippen LogP contribution in [-0.4, -0.2) is 32.8 Å². The second-order valence-corrected chi connectivity index (χ2v) is 10.1. The third-order valence-corrected chi connectivity index (χ3v) is 7.10. The van der Waals surface area contributed by atoms with Gasteiger partial charge in [0.15, 0.2) is 16.7 Å². The summed E-state index contributed by atoms with van der Waals surface area (Å²) in [7, 11) is 0. The summed E-state index contributed by atoms with van der Waals surface area (Å²) >= 11 is 4.64. The van der Waals surface area contributed by atoms with E-state index >= 15 is 0 Å². The molecule has 1 atom stereocenters. The van der Waals surface area contributed by atoms with Crippen molar-refractivity contribution in [3.8, 4) is 17.2 Å². The smallest absolute Gasteiger partial charge is 0.220 e. The second-order valence-electron chi connectivity index (χ2n) is 8.02. The average Bonchev–Trinajstić information content (AvgIpc) is 3.24. The molecule has 3 aromatic carbocycles. The van der Waals surface area contributed by atoms with Crippen LogP contribution in [0.4, 0.5) is 4.39 Å². The highest BCUT2D eigenvalue weighted by molar-refractivity contribution is 9.10. The van der Waals surface area contributed by atoms with Crippen LogP contribution in [0, 0.1) is 22.9 Å². The molecule has 4 aromatic rings. The van der Waals surface area contributed by atoms with Crippen molar-refractivity contribution in [1.82, 2.24) is 14.8 Å². The molecule has 0 N–H and O–H groups in total. The number of benzene rings is 3. The maximum atomic E-state index is 13.5. The third-order valence-electron chi connectivity index (χ3n) is 5.39. The molecule has 0 fully saturated rings. The van der Waals surface area contributed by atoms with Crippen LogP contribution < -0.4 is 9.47 Å². The van der Waals surface area contributed by atoms with E-state index in [4.69, 9.17) is 9.47 Å². The maximum absolute atomic E-state index is 13.5. The van der Waals surface area contributed by atoms with Crippen LogP contribution in [0.2, 0.25) is 0 Å². The summed E-state index contributed by atoms with van der Waals surface area (Å²) in [6.45, 7) is 4.05. The Morgan fingerprint density at radius 2 is 1.78 bits per heavy atom. The van der Waals surface area contributed by atoms with Gasteiger partial charge in [-0.15, -0.1) is 10.2 Å². The number of ether oxygens (including phenoxy) is 2. The lowest BCUT2D eigenvalue weighted by molar-refractivity contribution is -0.479. The summed E-state index contributed by atoms with van der Waals surface area (Å²) in [5.74, 6) is 1.27. The van der Waals surface area contributed by atoms with Crippen molar-refractivity contribution >= 4 is 27.7 Å². The van der Waals surface area contributed by atoms with Gasteiger partial charge in [-0.3, -0.25) is 14.7 Å². The van der Waals surface area contributed by atoms with Gasteiger partial charge < -0.3 is 9.47 Å². The molecule has 0 saturated carbocycles. The third kappa shape index (κ3) is 6.86. The molecule has 0 aliphatic carbocycles. The minimum absolute atomic E-state index is 0.343. The molecule has 0 aliphatic rings. The van der Waals surface area contributed by atoms with Crippen LogP contribution in [0.15, 0.2) is 76.4 Å². The van der Waals surface area contributed by atoms with Crippen LogP contribution in [0.5, 0.6) is 11.5 Å². The van der Waals surface area contributed by atoms with Gasteiger partial charge in [-0.05, 0) is 73.5 Å².